The van der Waals surface area contributed by atoms with E-state index in [4.69, 9.17) is 34.8 Å². The van der Waals surface area contributed by atoms with Crippen LogP contribution in [0.25, 0.3) is 11.6 Å². The molecule has 0 aromatic heterocycles. The molecular formula is C15H7Cl3N2O2. The molecule has 7 heteroatoms. The number of rotatable bonds is 3. The summed E-state index contributed by atoms with van der Waals surface area (Å²) in [6.45, 7) is 0. The normalized spacial score (nSPS) is 11.1. The van der Waals surface area contributed by atoms with E-state index < -0.39 is 4.92 Å². The molecule has 2 rings (SSSR count). The van der Waals surface area contributed by atoms with Gasteiger partial charge in [-0.15, -0.1) is 0 Å². The molecule has 0 radical (unpaired) electrons. The van der Waals surface area contributed by atoms with Gasteiger partial charge in [-0.3, -0.25) is 10.1 Å². The van der Waals surface area contributed by atoms with E-state index in [-0.39, 0.29) is 16.3 Å². The lowest BCUT2D eigenvalue weighted by atomic mass is 10.0. The zero-order valence-corrected chi connectivity index (χ0v) is 13.2. The summed E-state index contributed by atoms with van der Waals surface area (Å²) in [6.07, 6.45) is 1.50. The second kappa shape index (κ2) is 6.80. The molecule has 0 aliphatic rings. The Morgan fingerprint density at radius 3 is 2.23 bits per heavy atom. The number of hydrogen-bond donors (Lipinski definition) is 0. The van der Waals surface area contributed by atoms with Crippen LogP contribution in [0.5, 0.6) is 0 Å². The summed E-state index contributed by atoms with van der Waals surface area (Å²) in [6, 6.07) is 10.8. The molecule has 0 aliphatic heterocycles. The monoisotopic (exact) mass is 352 g/mol. The molecule has 0 saturated carbocycles. The third kappa shape index (κ3) is 3.40. The number of halogens is 3. The lowest BCUT2D eigenvalue weighted by Gasteiger charge is -2.05. The van der Waals surface area contributed by atoms with Crippen LogP contribution in [0.2, 0.25) is 15.1 Å². The third-order valence-electron chi connectivity index (χ3n) is 2.88. The zero-order valence-electron chi connectivity index (χ0n) is 10.9. The molecule has 4 nitrogen and oxygen atoms in total. The van der Waals surface area contributed by atoms with Gasteiger partial charge < -0.3 is 0 Å². The quantitative estimate of drug-likeness (QED) is 0.236. The zero-order chi connectivity index (χ0) is 16.3. The number of nitro benzene ring substituents is 1. The van der Waals surface area contributed by atoms with Crippen LogP contribution in [0.3, 0.4) is 0 Å². The van der Waals surface area contributed by atoms with Crippen molar-refractivity contribution in [2.24, 2.45) is 0 Å². The van der Waals surface area contributed by atoms with Crippen LogP contribution in [-0.2, 0) is 0 Å². The van der Waals surface area contributed by atoms with Crippen molar-refractivity contribution in [2.45, 2.75) is 0 Å². The number of nitriles is 1. The summed E-state index contributed by atoms with van der Waals surface area (Å²) in [4.78, 5) is 10.1. The molecule has 0 heterocycles. The average Bonchev–Trinajstić information content (AvgIpc) is 2.51. The summed E-state index contributed by atoms with van der Waals surface area (Å²) in [7, 11) is 0. The number of nitro groups is 1. The standard InChI is InChI=1S/C15H7Cl3N2O2/c16-13-5-6-14(17)15(18)12(13)7-10(8-19)9-1-3-11(4-2-9)20(21)22/h1-7H/b10-7+. The average molecular weight is 354 g/mol. The fourth-order valence-corrected chi connectivity index (χ4v) is 2.41. The van der Waals surface area contributed by atoms with Gasteiger partial charge in [-0.1, -0.05) is 34.8 Å². The molecule has 0 spiro atoms. The number of hydrogen-bond acceptors (Lipinski definition) is 3. The third-order valence-corrected chi connectivity index (χ3v) is 4.03. The van der Waals surface area contributed by atoms with Gasteiger partial charge in [0.25, 0.3) is 5.69 Å². The Labute approximate surface area is 141 Å². The molecule has 0 bridgehead atoms. The van der Waals surface area contributed by atoms with E-state index in [0.717, 1.165) is 0 Å². The molecule has 0 saturated heterocycles. The Kier molecular flexibility index (Phi) is 5.04. The molecule has 0 atom stereocenters. The van der Waals surface area contributed by atoms with E-state index in [1.807, 2.05) is 6.07 Å². The maximum absolute atomic E-state index is 10.6. The molecule has 0 aliphatic carbocycles. The van der Waals surface area contributed by atoms with Gasteiger partial charge in [0.15, 0.2) is 0 Å². The molecule has 0 unspecified atom stereocenters. The van der Waals surface area contributed by atoms with Gasteiger partial charge in [0.2, 0.25) is 0 Å². The predicted molar refractivity (Wildman–Crippen MR) is 88.1 cm³/mol. The van der Waals surface area contributed by atoms with Gasteiger partial charge in [-0.2, -0.15) is 5.26 Å². The van der Waals surface area contributed by atoms with Crippen LogP contribution in [0, 0.1) is 21.4 Å². The first-order valence-electron chi connectivity index (χ1n) is 5.94. The van der Waals surface area contributed by atoms with Crippen molar-refractivity contribution in [2.75, 3.05) is 0 Å². The van der Waals surface area contributed by atoms with E-state index in [2.05, 4.69) is 0 Å². The first kappa shape index (κ1) is 16.3. The summed E-state index contributed by atoms with van der Waals surface area (Å²) in [5.41, 5.74) is 1.15. The van der Waals surface area contributed by atoms with Gasteiger partial charge in [0.1, 0.15) is 0 Å². The summed E-state index contributed by atoms with van der Waals surface area (Å²) < 4.78 is 0. The van der Waals surface area contributed by atoms with E-state index in [0.29, 0.717) is 21.2 Å². The maximum atomic E-state index is 10.6. The van der Waals surface area contributed by atoms with Crippen molar-refractivity contribution in [3.63, 3.8) is 0 Å². The predicted octanol–water partition coefficient (Wildman–Crippen LogP) is 5.62. The van der Waals surface area contributed by atoms with Crippen LogP contribution in [-0.4, -0.2) is 4.92 Å². The minimum Gasteiger partial charge on any atom is -0.258 e. The van der Waals surface area contributed by atoms with Gasteiger partial charge in [-0.05, 0) is 35.9 Å². The number of nitrogens with zero attached hydrogens (tertiary/aromatic N) is 2. The SMILES string of the molecule is N#C/C(=C\c1c(Cl)ccc(Cl)c1Cl)c1ccc([N+](=O)[O-])cc1. The highest BCUT2D eigenvalue weighted by atomic mass is 35.5. The van der Waals surface area contributed by atoms with E-state index in [1.54, 1.807) is 12.1 Å². The Hall–Kier alpha value is -2.06. The molecule has 0 amide bonds. The van der Waals surface area contributed by atoms with Gasteiger partial charge in [0.05, 0.1) is 26.6 Å². The minimum atomic E-state index is -0.510. The summed E-state index contributed by atoms with van der Waals surface area (Å²) in [5, 5.41) is 20.9. The van der Waals surface area contributed by atoms with Crippen molar-refractivity contribution in [3.8, 4) is 6.07 Å². The van der Waals surface area contributed by atoms with Crippen LogP contribution >= 0.6 is 34.8 Å². The van der Waals surface area contributed by atoms with Crippen molar-refractivity contribution in [1.29, 1.82) is 5.26 Å². The molecule has 2 aromatic rings. The molecule has 0 fully saturated rings. The first-order valence-corrected chi connectivity index (χ1v) is 7.07. The molecule has 110 valence electrons. The number of benzene rings is 2. The number of non-ortho nitro benzene ring substituents is 1. The van der Waals surface area contributed by atoms with Crippen molar-refractivity contribution in [1.82, 2.24) is 0 Å². The number of allylic oxidation sites excluding steroid dienone is 1. The smallest absolute Gasteiger partial charge is 0.258 e. The summed E-state index contributed by atoms with van der Waals surface area (Å²) in [5.74, 6) is 0. The molecule has 0 N–H and O–H groups in total. The highest BCUT2D eigenvalue weighted by Crippen LogP contribution is 2.34. The topological polar surface area (TPSA) is 66.9 Å². The van der Waals surface area contributed by atoms with E-state index in [1.165, 1.54) is 30.3 Å². The molecule has 2 aromatic carbocycles. The molecule has 22 heavy (non-hydrogen) atoms. The van der Waals surface area contributed by atoms with Crippen molar-refractivity contribution < 1.29 is 4.92 Å². The van der Waals surface area contributed by atoms with Crippen molar-refractivity contribution >= 4 is 52.1 Å². The molecular weight excluding hydrogens is 347 g/mol. The van der Waals surface area contributed by atoms with Gasteiger partial charge >= 0.3 is 0 Å². The van der Waals surface area contributed by atoms with Crippen LogP contribution in [0.1, 0.15) is 11.1 Å². The fraction of sp³-hybridized carbons (Fsp3) is 0. The minimum absolute atomic E-state index is 0.0557. The highest BCUT2D eigenvalue weighted by molar-refractivity contribution is 6.44. The lowest BCUT2D eigenvalue weighted by Crippen LogP contribution is -1.89. The van der Waals surface area contributed by atoms with Crippen LogP contribution < -0.4 is 0 Å². The highest BCUT2D eigenvalue weighted by Gasteiger charge is 2.11. The summed E-state index contributed by atoms with van der Waals surface area (Å²) >= 11 is 18.1. The Morgan fingerprint density at radius 2 is 1.68 bits per heavy atom. The fourth-order valence-electron chi connectivity index (χ4n) is 1.76. The second-order valence-electron chi connectivity index (χ2n) is 4.23. The lowest BCUT2D eigenvalue weighted by molar-refractivity contribution is -0.384. The van der Waals surface area contributed by atoms with E-state index >= 15 is 0 Å². The second-order valence-corrected chi connectivity index (χ2v) is 5.42. The van der Waals surface area contributed by atoms with Gasteiger partial charge in [-0.25, -0.2) is 0 Å². The Bertz CT molecular complexity index is 809. The Balaban J connectivity index is 2.51. The largest absolute Gasteiger partial charge is 0.269 e. The Morgan fingerprint density at radius 1 is 1.09 bits per heavy atom. The van der Waals surface area contributed by atoms with E-state index in [9.17, 15) is 15.4 Å². The van der Waals surface area contributed by atoms with Crippen LogP contribution in [0.15, 0.2) is 36.4 Å². The van der Waals surface area contributed by atoms with Crippen LogP contribution in [0.4, 0.5) is 5.69 Å². The first-order chi connectivity index (χ1) is 10.4. The van der Waals surface area contributed by atoms with Gasteiger partial charge in [0, 0.05) is 22.7 Å². The van der Waals surface area contributed by atoms with Crippen molar-refractivity contribution in [3.05, 3.63) is 72.7 Å². The maximum Gasteiger partial charge on any atom is 0.269 e.